The first kappa shape index (κ1) is 23.8. The molecule has 0 unspecified atom stereocenters. The Hall–Kier alpha value is -4.36. The molecule has 1 amide bonds. The third-order valence-electron chi connectivity index (χ3n) is 5.17. The van der Waals surface area contributed by atoms with Crippen LogP contribution in [-0.4, -0.2) is 32.8 Å². The van der Waals surface area contributed by atoms with Crippen molar-refractivity contribution >= 4 is 23.4 Å². The Balaban J connectivity index is 1.48. The highest BCUT2D eigenvalue weighted by Gasteiger charge is 2.15. The lowest BCUT2D eigenvalue weighted by Crippen LogP contribution is -2.16. The number of carbonyl (C=O) groups excluding carboxylic acids is 1. The minimum absolute atomic E-state index is 0.0497. The van der Waals surface area contributed by atoms with Gasteiger partial charge in [-0.3, -0.25) is 14.3 Å². The minimum atomic E-state index is -0.494. The van der Waals surface area contributed by atoms with Crippen LogP contribution in [0, 0.1) is 18.3 Å². The highest BCUT2D eigenvalue weighted by atomic mass is 32.2. The SMILES string of the molecule is COc1cccc(-c2nc(SCc3ccc(NC(=O)c4cc(C)nn4C)cc3)[nH]c(=O)c2C#N)c1. The molecule has 4 aromatic rings. The van der Waals surface area contributed by atoms with Gasteiger partial charge in [-0.15, -0.1) is 0 Å². The van der Waals surface area contributed by atoms with Gasteiger partial charge in [-0.05, 0) is 42.8 Å². The van der Waals surface area contributed by atoms with E-state index >= 15 is 0 Å². The standard InChI is InChI=1S/C25H22N6O3S/c1-15-11-21(31(2)30-15)24(33)27-18-9-7-16(8-10-18)14-35-25-28-22(20(13-26)23(32)29-25)17-5-4-6-19(12-17)34-3/h4-12H,14H2,1-3H3,(H,27,33)(H,28,29,32). The largest absolute Gasteiger partial charge is 0.497 e. The molecule has 2 aromatic carbocycles. The summed E-state index contributed by atoms with van der Waals surface area (Å²) in [5.41, 5.74) is 3.27. The van der Waals surface area contributed by atoms with Crippen molar-refractivity contribution < 1.29 is 9.53 Å². The average Bonchev–Trinajstić information content (AvgIpc) is 3.21. The monoisotopic (exact) mass is 486 g/mol. The normalized spacial score (nSPS) is 10.6. The molecule has 0 aliphatic heterocycles. The molecule has 0 saturated heterocycles. The van der Waals surface area contributed by atoms with Crippen molar-refractivity contribution in [3.8, 4) is 23.1 Å². The van der Waals surface area contributed by atoms with E-state index in [4.69, 9.17) is 4.74 Å². The summed E-state index contributed by atoms with van der Waals surface area (Å²) in [6.45, 7) is 1.83. The number of H-pyrrole nitrogens is 1. The molecule has 4 rings (SSSR count). The average molecular weight is 487 g/mol. The number of nitriles is 1. The van der Waals surface area contributed by atoms with Crippen molar-refractivity contribution in [2.75, 3.05) is 12.4 Å². The third-order valence-corrected chi connectivity index (χ3v) is 6.12. The molecule has 0 bridgehead atoms. The zero-order chi connectivity index (χ0) is 24.9. The number of anilines is 1. The molecule has 0 aliphatic rings. The molecule has 35 heavy (non-hydrogen) atoms. The van der Waals surface area contributed by atoms with Crippen molar-refractivity contribution in [2.24, 2.45) is 7.05 Å². The number of hydrogen-bond acceptors (Lipinski definition) is 7. The second-order valence-electron chi connectivity index (χ2n) is 7.67. The van der Waals surface area contributed by atoms with Gasteiger partial charge in [0.15, 0.2) is 5.16 Å². The third kappa shape index (κ3) is 5.42. The molecule has 2 N–H and O–H groups in total. The van der Waals surface area contributed by atoms with Crippen LogP contribution in [0.1, 0.15) is 27.3 Å². The zero-order valence-corrected chi connectivity index (χ0v) is 20.1. The molecule has 9 nitrogen and oxygen atoms in total. The minimum Gasteiger partial charge on any atom is -0.497 e. The number of nitrogens with zero attached hydrogens (tertiary/aromatic N) is 4. The van der Waals surface area contributed by atoms with E-state index in [9.17, 15) is 14.9 Å². The van der Waals surface area contributed by atoms with Crippen molar-refractivity contribution in [3.05, 3.63) is 87.5 Å². The molecular formula is C25H22N6O3S. The lowest BCUT2D eigenvalue weighted by molar-refractivity contribution is 0.101. The van der Waals surface area contributed by atoms with Gasteiger partial charge in [0.25, 0.3) is 11.5 Å². The van der Waals surface area contributed by atoms with E-state index in [0.29, 0.717) is 39.3 Å². The van der Waals surface area contributed by atoms with Gasteiger partial charge < -0.3 is 15.0 Å². The summed E-state index contributed by atoms with van der Waals surface area (Å²) >= 11 is 1.34. The number of ether oxygens (including phenoxy) is 1. The van der Waals surface area contributed by atoms with Gasteiger partial charge in [-0.2, -0.15) is 10.4 Å². The lowest BCUT2D eigenvalue weighted by atomic mass is 10.1. The topological polar surface area (TPSA) is 126 Å². The highest BCUT2D eigenvalue weighted by Crippen LogP contribution is 2.27. The van der Waals surface area contributed by atoms with Crippen LogP contribution in [0.15, 0.2) is 64.5 Å². The van der Waals surface area contributed by atoms with Crippen LogP contribution < -0.4 is 15.6 Å². The van der Waals surface area contributed by atoms with Crippen molar-refractivity contribution in [2.45, 2.75) is 17.8 Å². The van der Waals surface area contributed by atoms with Crippen LogP contribution in [-0.2, 0) is 12.8 Å². The fraction of sp³-hybridized carbons (Fsp3) is 0.160. The maximum atomic E-state index is 12.5. The van der Waals surface area contributed by atoms with Gasteiger partial charge in [0.1, 0.15) is 23.1 Å². The van der Waals surface area contributed by atoms with Gasteiger partial charge in [0, 0.05) is 24.1 Å². The van der Waals surface area contributed by atoms with E-state index < -0.39 is 5.56 Å². The summed E-state index contributed by atoms with van der Waals surface area (Å²) in [6.07, 6.45) is 0. The number of thioether (sulfide) groups is 1. The molecule has 0 radical (unpaired) electrons. The van der Waals surface area contributed by atoms with Crippen molar-refractivity contribution in [1.82, 2.24) is 19.7 Å². The highest BCUT2D eigenvalue weighted by molar-refractivity contribution is 7.98. The molecule has 0 spiro atoms. The molecule has 0 saturated carbocycles. The lowest BCUT2D eigenvalue weighted by Gasteiger charge is -2.09. The first-order valence-corrected chi connectivity index (χ1v) is 11.6. The van der Waals surface area contributed by atoms with Gasteiger partial charge >= 0.3 is 0 Å². The van der Waals surface area contributed by atoms with Crippen LogP contribution in [0.5, 0.6) is 5.75 Å². The summed E-state index contributed by atoms with van der Waals surface area (Å²) in [5.74, 6) is 0.898. The van der Waals surface area contributed by atoms with E-state index in [1.165, 1.54) is 11.8 Å². The van der Waals surface area contributed by atoms with Gasteiger partial charge in [0.05, 0.1) is 18.5 Å². The maximum absolute atomic E-state index is 12.5. The first-order valence-electron chi connectivity index (χ1n) is 10.6. The smallest absolute Gasteiger partial charge is 0.273 e. The fourth-order valence-corrected chi connectivity index (χ4v) is 4.27. The molecule has 0 atom stereocenters. The number of carbonyl (C=O) groups is 1. The predicted octanol–water partition coefficient (Wildman–Crippen LogP) is 3.90. The molecule has 2 aromatic heterocycles. The number of hydrogen-bond donors (Lipinski definition) is 2. The van der Waals surface area contributed by atoms with Crippen molar-refractivity contribution in [1.29, 1.82) is 5.26 Å². The van der Waals surface area contributed by atoms with Crippen LogP contribution in [0.2, 0.25) is 0 Å². The summed E-state index contributed by atoms with van der Waals surface area (Å²) in [6, 6.07) is 18.1. The number of rotatable bonds is 7. The second-order valence-corrected chi connectivity index (χ2v) is 8.64. The zero-order valence-electron chi connectivity index (χ0n) is 19.3. The van der Waals surface area contributed by atoms with Crippen LogP contribution in [0.3, 0.4) is 0 Å². The van der Waals surface area contributed by atoms with E-state index in [-0.39, 0.29) is 11.5 Å². The van der Waals surface area contributed by atoms with E-state index in [0.717, 1.165) is 11.3 Å². The van der Waals surface area contributed by atoms with E-state index in [2.05, 4.69) is 20.4 Å². The predicted molar refractivity (Wildman–Crippen MR) is 133 cm³/mol. The van der Waals surface area contributed by atoms with Crippen LogP contribution in [0.25, 0.3) is 11.3 Å². The number of benzene rings is 2. The fourth-order valence-electron chi connectivity index (χ4n) is 3.46. The Bertz CT molecular complexity index is 1480. The Morgan fingerprint density at radius 3 is 2.66 bits per heavy atom. The Morgan fingerprint density at radius 2 is 2.00 bits per heavy atom. The van der Waals surface area contributed by atoms with E-state index in [1.54, 1.807) is 49.2 Å². The molecule has 0 fully saturated rings. The Labute approximate surface area is 205 Å². The number of aryl methyl sites for hydroxylation is 2. The van der Waals surface area contributed by atoms with E-state index in [1.807, 2.05) is 37.3 Å². The number of amides is 1. The van der Waals surface area contributed by atoms with Gasteiger partial charge in [0.2, 0.25) is 0 Å². The molecule has 0 aliphatic carbocycles. The first-order chi connectivity index (χ1) is 16.9. The number of aromatic nitrogens is 4. The second kappa shape index (κ2) is 10.3. The Morgan fingerprint density at radius 1 is 1.23 bits per heavy atom. The molecule has 176 valence electrons. The Kier molecular flexibility index (Phi) is 6.98. The summed E-state index contributed by atoms with van der Waals surface area (Å²) in [7, 11) is 3.27. The van der Waals surface area contributed by atoms with Crippen molar-refractivity contribution in [3.63, 3.8) is 0 Å². The van der Waals surface area contributed by atoms with Crippen LogP contribution in [0.4, 0.5) is 5.69 Å². The summed E-state index contributed by atoms with van der Waals surface area (Å²) < 4.78 is 6.79. The number of nitrogens with one attached hydrogen (secondary N) is 2. The molecule has 10 heteroatoms. The quantitative estimate of drug-likeness (QED) is 0.300. The molecule has 2 heterocycles. The maximum Gasteiger partial charge on any atom is 0.273 e. The number of methoxy groups -OCH3 is 1. The number of aromatic amines is 1. The van der Waals surface area contributed by atoms with Gasteiger partial charge in [-0.25, -0.2) is 4.98 Å². The molecular weight excluding hydrogens is 464 g/mol. The van der Waals surface area contributed by atoms with Gasteiger partial charge in [-0.1, -0.05) is 36.0 Å². The summed E-state index contributed by atoms with van der Waals surface area (Å²) in [5, 5.41) is 16.9. The summed E-state index contributed by atoms with van der Waals surface area (Å²) in [4.78, 5) is 32.2. The van der Waals surface area contributed by atoms with Crippen LogP contribution >= 0.6 is 11.8 Å².